The Labute approximate surface area is 158 Å². The van der Waals surface area contributed by atoms with Gasteiger partial charge in [-0.2, -0.15) is 13.2 Å². The number of carbonyl (C=O) groups is 1. The fourth-order valence-electron chi connectivity index (χ4n) is 2.38. The molecule has 0 radical (unpaired) electrons. The molecule has 0 atom stereocenters. The second-order valence-corrected chi connectivity index (χ2v) is 5.79. The lowest BCUT2D eigenvalue weighted by atomic mass is 10.1. The van der Waals surface area contributed by atoms with Crippen molar-refractivity contribution in [3.63, 3.8) is 0 Å². The van der Waals surface area contributed by atoms with Gasteiger partial charge in [0.2, 0.25) is 0 Å². The van der Waals surface area contributed by atoms with E-state index in [4.69, 9.17) is 9.47 Å². The molecule has 1 aromatic heterocycles. The Hall–Kier alpha value is -3.17. The van der Waals surface area contributed by atoms with Crippen LogP contribution in [0.2, 0.25) is 0 Å². The third-order valence-electron chi connectivity index (χ3n) is 3.86. The third kappa shape index (κ3) is 4.96. The van der Waals surface area contributed by atoms with Gasteiger partial charge < -0.3 is 24.5 Å². The first-order valence-corrected chi connectivity index (χ1v) is 8.20. The van der Waals surface area contributed by atoms with Gasteiger partial charge in [0.1, 0.15) is 17.2 Å². The predicted molar refractivity (Wildman–Crippen MR) is 93.8 cm³/mol. The molecule has 0 unspecified atom stereocenters. The first-order valence-electron chi connectivity index (χ1n) is 8.20. The Morgan fingerprint density at radius 1 is 1.25 bits per heavy atom. The molecule has 7 nitrogen and oxygen atoms in total. The molecular weight excluding hydrogens is 381 g/mol. The molecule has 152 valence electrons. The van der Waals surface area contributed by atoms with Gasteiger partial charge in [0.15, 0.2) is 5.75 Å². The summed E-state index contributed by atoms with van der Waals surface area (Å²) in [6.45, 7) is 0.294. The van der Waals surface area contributed by atoms with Crippen molar-refractivity contribution in [1.29, 1.82) is 0 Å². The molecule has 2 rings (SSSR count). The number of aromatic nitrogens is 1. The van der Waals surface area contributed by atoms with E-state index in [-0.39, 0.29) is 17.7 Å². The van der Waals surface area contributed by atoms with Crippen LogP contribution in [0.3, 0.4) is 0 Å². The summed E-state index contributed by atoms with van der Waals surface area (Å²) in [4.78, 5) is 23.8. The van der Waals surface area contributed by atoms with Gasteiger partial charge in [-0.15, -0.1) is 0 Å². The summed E-state index contributed by atoms with van der Waals surface area (Å²) in [5.41, 5.74) is -3.37. The van der Waals surface area contributed by atoms with Crippen LogP contribution in [0.5, 0.6) is 17.2 Å². The van der Waals surface area contributed by atoms with Crippen molar-refractivity contribution in [2.24, 2.45) is 7.05 Å². The van der Waals surface area contributed by atoms with Crippen LogP contribution in [-0.4, -0.2) is 35.8 Å². The Morgan fingerprint density at radius 3 is 2.57 bits per heavy atom. The molecule has 1 aromatic carbocycles. The number of hydrogen-bond acceptors (Lipinski definition) is 5. The minimum atomic E-state index is -4.85. The largest absolute Gasteiger partial charge is 0.502 e. The first-order chi connectivity index (χ1) is 13.1. The Balaban J connectivity index is 1.96. The molecule has 1 amide bonds. The zero-order valence-corrected chi connectivity index (χ0v) is 15.2. The second kappa shape index (κ2) is 8.68. The number of ether oxygens (including phenoxy) is 2. The summed E-state index contributed by atoms with van der Waals surface area (Å²) in [5, 5.41) is 12.1. The molecule has 0 saturated heterocycles. The Bertz CT molecular complexity index is 909. The van der Waals surface area contributed by atoms with Crippen LogP contribution in [0.4, 0.5) is 13.2 Å². The molecule has 0 bridgehead atoms. The van der Waals surface area contributed by atoms with Crippen molar-refractivity contribution in [1.82, 2.24) is 9.88 Å². The van der Waals surface area contributed by atoms with Crippen molar-refractivity contribution in [2.75, 3.05) is 20.3 Å². The summed E-state index contributed by atoms with van der Waals surface area (Å²) in [6, 6.07) is 7.33. The van der Waals surface area contributed by atoms with E-state index in [1.165, 1.54) is 7.11 Å². The molecule has 0 aliphatic rings. The van der Waals surface area contributed by atoms with E-state index in [0.29, 0.717) is 24.0 Å². The molecule has 2 N–H and O–H groups in total. The van der Waals surface area contributed by atoms with E-state index in [1.807, 2.05) is 0 Å². The van der Waals surface area contributed by atoms with Gasteiger partial charge in [0.05, 0.1) is 19.3 Å². The molecule has 0 aliphatic heterocycles. The van der Waals surface area contributed by atoms with E-state index >= 15 is 0 Å². The number of aromatic hydroxyl groups is 1. The molecule has 0 spiro atoms. The molecule has 10 heteroatoms. The number of rotatable bonds is 7. The number of amides is 1. The summed E-state index contributed by atoms with van der Waals surface area (Å²) in [7, 11) is 2.38. The normalized spacial score (nSPS) is 11.2. The van der Waals surface area contributed by atoms with Gasteiger partial charge in [0.25, 0.3) is 11.5 Å². The minimum absolute atomic E-state index is 0.0683. The standard InChI is InChI=1S/C18H19F3N2O5/c1-23-14(18(19,20)21)10-13(15(24)17(23)26)16(25)22-7-4-8-28-12-6-3-5-11(9-12)27-2/h3,5-6,9-10,24H,4,7-8H2,1-2H3,(H,22,25). The average molecular weight is 400 g/mol. The molecule has 0 aliphatic carbocycles. The number of pyridine rings is 1. The quantitative estimate of drug-likeness (QED) is 0.697. The van der Waals surface area contributed by atoms with Crippen molar-refractivity contribution in [2.45, 2.75) is 12.6 Å². The number of methoxy groups -OCH3 is 1. The zero-order valence-electron chi connectivity index (χ0n) is 15.2. The highest BCUT2D eigenvalue weighted by Crippen LogP contribution is 2.30. The molecule has 0 fully saturated rings. The summed E-state index contributed by atoms with van der Waals surface area (Å²) >= 11 is 0. The number of halogens is 3. The average Bonchev–Trinajstić information content (AvgIpc) is 2.65. The van der Waals surface area contributed by atoms with Crippen molar-refractivity contribution in [3.05, 3.63) is 51.9 Å². The van der Waals surface area contributed by atoms with Crippen molar-refractivity contribution in [3.8, 4) is 17.2 Å². The minimum Gasteiger partial charge on any atom is -0.502 e. The van der Waals surface area contributed by atoms with Gasteiger partial charge >= 0.3 is 6.18 Å². The van der Waals surface area contributed by atoms with Gasteiger partial charge in [-0.05, 0) is 24.6 Å². The summed E-state index contributed by atoms with van der Waals surface area (Å²) < 4.78 is 49.7. The maximum Gasteiger partial charge on any atom is 0.431 e. The van der Waals surface area contributed by atoms with Crippen molar-refractivity contribution < 1.29 is 32.5 Å². The van der Waals surface area contributed by atoms with Crippen LogP contribution < -0.4 is 20.3 Å². The van der Waals surface area contributed by atoms with E-state index in [2.05, 4.69) is 5.32 Å². The molecule has 28 heavy (non-hydrogen) atoms. The third-order valence-corrected chi connectivity index (χ3v) is 3.86. The topological polar surface area (TPSA) is 89.8 Å². The molecule has 2 aromatic rings. The lowest BCUT2D eigenvalue weighted by Gasteiger charge is -2.14. The smallest absolute Gasteiger partial charge is 0.431 e. The Kier molecular flexibility index (Phi) is 6.55. The molecular formula is C18H19F3N2O5. The van der Waals surface area contributed by atoms with E-state index in [9.17, 15) is 27.9 Å². The predicted octanol–water partition coefficient (Wildman–Crippen LogP) is 2.32. The van der Waals surface area contributed by atoms with Crippen LogP contribution in [0.25, 0.3) is 0 Å². The lowest BCUT2D eigenvalue weighted by molar-refractivity contribution is -0.143. The van der Waals surface area contributed by atoms with Crippen LogP contribution in [0, 0.1) is 0 Å². The van der Waals surface area contributed by atoms with E-state index in [1.54, 1.807) is 24.3 Å². The van der Waals surface area contributed by atoms with Gasteiger partial charge in [-0.1, -0.05) is 6.07 Å². The number of hydrogen-bond donors (Lipinski definition) is 2. The first kappa shape index (κ1) is 21.1. The SMILES string of the molecule is COc1cccc(OCCCNC(=O)c2cc(C(F)(F)F)n(C)c(=O)c2O)c1. The number of nitrogens with one attached hydrogen (secondary N) is 1. The number of benzene rings is 1. The number of nitrogens with zero attached hydrogens (tertiary/aromatic N) is 1. The summed E-state index contributed by atoms with van der Waals surface area (Å²) in [6.07, 6.45) is -4.50. The number of carbonyl (C=O) groups excluding carboxylic acids is 1. The van der Waals surface area contributed by atoms with Crippen LogP contribution in [0.1, 0.15) is 22.5 Å². The highest BCUT2D eigenvalue weighted by Gasteiger charge is 2.36. The highest BCUT2D eigenvalue weighted by atomic mass is 19.4. The summed E-state index contributed by atoms with van der Waals surface area (Å²) in [5.74, 6) is -0.847. The van der Waals surface area contributed by atoms with Crippen LogP contribution >= 0.6 is 0 Å². The second-order valence-electron chi connectivity index (χ2n) is 5.79. The van der Waals surface area contributed by atoms with Crippen LogP contribution in [0.15, 0.2) is 35.1 Å². The van der Waals surface area contributed by atoms with E-state index in [0.717, 1.165) is 7.05 Å². The van der Waals surface area contributed by atoms with E-state index < -0.39 is 34.6 Å². The molecule has 0 saturated carbocycles. The maximum atomic E-state index is 13.0. The maximum absolute atomic E-state index is 13.0. The molecule has 1 heterocycles. The highest BCUT2D eigenvalue weighted by molar-refractivity contribution is 5.96. The Morgan fingerprint density at radius 2 is 1.93 bits per heavy atom. The lowest BCUT2D eigenvalue weighted by Crippen LogP contribution is -2.31. The van der Waals surface area contributed by atoms with Gasteiger partial charge in [-0.3, -0.25) is 9.59 Å². The van der Waals surface area contributed by atoms with Crippen LogP contribution in [-0.2, 0) is 13.2 Å². The fraction of sp³-hybridized carbons (Fsp3) is 0.333. The van der Waals surface area contributed by atoms with Crippen molar-refractivity contribution >= 4 is 5.91 Å². The van der Waals surface area contributed by atoms with Gasteiger partial charge in [-0.25, -0.2) is 0 Å². The van der Waals surface area contributed by atoms with Gasteiger partial charge in [0, 0.05) is 19.7 Å². The monoisotopic (exact) mass is 400 g/mol. The zero-order chi connectivity index (χ0) is 20.9. The number of alkyl halides is 3. The fourth-order valence-corrected chi connectivity index (χ4v) is 2.38.